The van der Waals surface area contributed by atoms with E-state index in [0.29, 0.717) is 18.4 Å². The molecule has 2 aliphatic rings. The zero-order valence-electron chi connectivity index (χ0n) is 57.1. The summed E-state index contributed by atoms with van der Waals surface area (Å²) in [5.41, 5.74) is 0.669. The van der Waals surface area contributed by atoms with E-state index in [1.54, 1.807) is 37.3 Å². The molecule has 1 saturated heterocycles. The Morgan fingerprint density at radius 3 is 1.49 bits per heavy atom. The van der Waals surface area contributed by atoms with Crippen molar-refractivity contribution >= 4 is 70.9 Å². The molecule has 1 aromatic rings. The largest absolute Gasteiger partial charge is 0.376 e. The van der Waals surface area contributed by atoms with Gasteiger partial charge in [0.15, 0.2) is 0 Å². The number of amides is 12. The van der Waals surface area contributed by atoms with Crippen LogP contribution in [0.3, 0.4) is 0 Å². The Balaban J connectivity index is 2.18. The van der Waals surface area contributed by atoms with Crippen molar-refractivity contribution in [2.75, 3.05) is 70.0 Å². The summed E-state index contributed by atoms with van der Waals surface area (Å²) in [6, 6.07) is -4.27. The van der Waals surface area contributed by atoms with Crippen molar-refractivity contribution in [3.63, 3.8) is 0 Å². The summed E-state index contributed by atoms with van der Waals surface area (Å²) >= 11 is 0. The lowest BCUT2D eigenvalue weighted by Gasteiger charge is -2.39. The molecule has 2 fully saturated rings. The first-order valence-corrected chi connectivity index (χ1v) is 31.6. The number of carbonyl (C=O) groups is 12. The summed E-state index contributed by atoms with van der Waals surface area (Å²) in [6.07, 6.45) is 0.978. The van der Waals surface area contributed by atoms with Gasteiger partial charge in [0.25, 0.3) is 0 Å². The van der Waals surface area contributed by atoms with Crippen LogP contribution < -0.4 is 26.6 Å². The van der Waals surface area contributed by atoms with Crippen molar-refractivity contribution in [2.24, 2.45) is 23.7 Å². The number of hydrogen-bond donors (Lipinski definition) is 6. The zero-order valence-corrected chi connectivity index (χ0v) is 57.1. The molecule has 26 nitrogen and oxygen atoms in total. The van der Waals surface area contributed by atoms with Crippen molar-refractivity contribution < 1.29 is 62.6 Å². The SMILES string of the molecule is CC(C)C[C@@H]1NC(=O)[C@H](C)N(C)C(=O)C[C@@H](C(=O)N(C)C)N(C)C(=O)[C@H](C2CCCC2)N(C)C(=O)[C@H](C)NC(O)[C@H](C)N(C)C(=O)[C@H](CC(C)C)NC(=O)[C@H](C)N(C)C(=O)CNC(=O)[C@H](Cc2ccccc2)N(C)C(=O)[C@H](C)NC(=O)[C@H](CC(C)C)N(C)C1=O. The number of benzene rings is 1. The maximum Gasteiger partial charge on any atom is 0.246 e. The quantitative estimate of drug-likeness (QED) is 0.189. The van der Waals surface area contributed by atoms with E-state index in [2.05, 4.69) is 26.6 Å². The van der Waals surface area contributed by atoms with Crippen molar-refractivity contribution in [3.05, 3.63) is 35.9 Å². The van der Waals surface area contributed by atoms with Gasteiger partial charge in [-0.2, -0.15) is 0 Å². The molecule has 0 bridgehead atoms. The van der Waals surface area contributed by atoms with Crippen LogP contribution in [0.4, 0.5) is 0 Å². The number of nitrogens with one attached hydrogen (secondary N) is 5. The number of likely N-dealkylation sites (N-methyl/N-ethyl adjacent to an activating group) is 8. The van der Waals surface area contributed by atoms with E-state index in [9.17, 15) is 62.6 Å². The van der Waals surface area contributed by atoms with Gasteiger partial charge in [0.05, 0.1) is 25.0 Å². The third-order valence-corrected chi connectivity index (χ3v) is 17.7. The third kappa shape index (κ3) is 20.9. The number of hydrogen-bond acceptors (Lipinski definition) is 14. The van der Waals surface area contributed by atoms with E-state index >= 15 is 0 Å². The van der Waals surface area contributed by atoms with Gasteiger partial charge in [-0.25, -0.2) is 0 Å². The molecule has 1 unspecified atom stereocenters. The molecule has 12 amide bonds. The fourth-order valence-corrected chi connectivity index (χ4v) is 11.4. The molecular formula is C64H107N13O13. The Hall–Kier alpha value is -7.22. The summed E-state index contributed by atoms with van der Waals surface area (Å²) in [7, 11) is 12.8. The highest BCUT2D eigenvalue weighted by Gasteiger charge is 2.44. The van der Waals surface area contributed by atoms with E-state index < -0.39 is 157 Å². The van der Waals surface area contributed by atoms with Gasteiger partial charge >= 0.3 is 0 Å². The van der Waals surface area contributed by atoms with Crippen LogP contribution in [-0.2, 0) is 64.0 Å². The predicted molar refractivity (Wildman–Crippen MR) is 340 cm³/mol. The molecule has 0 aromatic heterocycles. The van der Waals surface area contributed by atoms with Gasteiger partial charge in [0, 0.05) is 69.8 Å². The van der Waals surface area contributed by atoms with Crippen LogP contribution >= 0.6 is 0 Å². The minimum atomic E-state index is -1.53. The summed E-state index contributed by atoms with van der Waals surface area (Å²) in [5, 5.41) is 25.5. The Labute approximate surface area is 533 Å². The maximum absolute atomic E-state index is 15.0. The highest BCUT2D eigenvalue weighted by Crippen LogP contribution is 2.32. The Morgan fingerprint density at radius 2 is 1.00 bits per heavy atom. The first kappa shape index (κ1) is 77.0. The van der Waals surface area contributed by atoms with Crippen molar-refractivity contribution in [2.45, 2.75) is 207 Å². The lowest BCUT2D eigenvalue weighted by molar-refractivity contribution is -0.154. The molecular weight excluding hydrogens is 1160 g/mol. The van der Waals surface area contributed by atoms with Gasteiger partial charge in [-0.3, -0.25) is 62.9 Å². The van der Waals surface area contributed by atoms with Crippen LogP contribution in [0.15, 0.2) is 30.3 Å². The maximum atomic E-state index is 15.0. The fraction of sp³-hybridized carbons (Fsp3) is 0.719. The molecule has 3 rings (SSSR count). The molecule has 1 saturated carbocycles. The molecule has 0 radical (unpaired) electrons. The van der Waals surface area contributed by atoms with E-state index in [-0.39, 0.29) is 49.4 Å². The van der Waals surface area contributed by atoms with Crippen molar-refractivity contribution in [3.8, 4) is 0 Å². The molecule has 506 valence electrons. The van der Waals surface area contributed by atoms with Crippen LogP contribution in [0.2, 0.25) is 0 Å². The van der Waals surface area contributed by atoms with Gasteiger partial charge in [0.2, 0.25) is 70.9 Å². The molecule has 90 heavy (non-hydrogen) atoms. The van der Waals surface area contributed by atoms with E-state index in [4.69, 9.17) is 0 Å². The molecule has 12 atom stereocenters. The van der Waals surface area contributed by atoms with E-state index in [1.807, 2.05) is 41.5 Å². The second kappa shape index (κ2) is 34.8. The molecule has 0 spiro atoms. The zero-order chi connectivity index (χ0) is 68.5. The van der Waals surface area contributed by atoms with Crippen LogP contribution in [0, 0.1) is 23.7 Å². The van der Waals surface area contributed by atoms with Crippen LogP contribution in [0.25, 0.3) is 0 Å². The minimum absolute atomic E-state index is 0.00707. The minimum Gasteiger partial charge on any atom is -0.376 e. The van der Waals surface area contributed by atoms with Gasteiger partial charge in [-0.05, 0) is 96.0 Å². The molecule has 6 N–H and O–H groups in total. The molecule has 1 aliphatic carbocycles. The van der Waals surface area contributed by atoms with Crippen molar-refractivity contribution in [1.82, 2.24) is 65.8 Å². The summed E-state index contributed by atoms with van der Waals surface area (Å²) < 4.78 is 0. The highest BCUT2D eigenvalue weighted by molar-refractivity contribution is 5.99. The monoisotopic (exact) mass is 1270 g/mol. The van der Waals surface area contributed by atoms with Gasteiger partial charge in [-0.15, -0.1) is 0 Å². The van der Waals surface area contributed by atoms with E-state index in [0.717, 1.165) is 27.5 Å². The molecule has 26 heteroatoms. The average molecular weight is 1270 g/mol. The lowest BCUT2D eigenvalue weighted by Crippen LogP contribution is -2.61. The summed E-state index contributed by atoms with van der Waals surface area (Å²) in [5.74, 6) is -8.75. The first-order valence-electron chi connectivity index (χ1n) is 31.6. The Bertz CT molecular complexity index is 2670. The summed E-state index contributed by atoms with van der Waals surface area (Å²) in [4.78, 5) is 182. The number of rotatable bonds is 10. The number of aliphatic hydroxyl groups excluding tert-OH is 1. The second-order valence-corrected chi connectivity index (χ2v) is 26.3. The predicted octanol–water partition coefficient (Wildman–Crippen LogP) is 0.785. The number of aliphatic hydroxyl groups is 1. The van der Waals surface area contributed by atoms with Crippen LogP contribution in [0.5, 0.6) is 0 Å². The Morgan fingerprint density at radius 1 is 0.533 bits per heavy atom. The molecule has 1 aliphatic heterocycles. The van der Waals surface area contributed by atoms with E-state index in [1.165, 1.54) is 116 Å². The average Bonchev–Trinajstić information content (AvgIpc) is 1.40. The second-order valence-electron chi connectivity index (χ2n) is 26.3. The first-order chi connectivity index (χ1) is 41.9. The van der Waals surface area contributed by atoms with Gasteiger partial charge in [0.1, 0.15) is 60.6 Å². The smallest absolute Gasteiger partial charge is 0.246 e. The van der Waals surface area contributed by atoms with Gasteiger partial charge in [-0.1, -0.05) is 84.7 Å². The van der Waals surface area contributed by atoms with Crippen molar-refractivity contribution in [1.29, 1.82) is 0 Å². The van der Waals surface area contributed by atoms with Crippen LogP contribution in [-0.4, -0.2) is 258 Å². The topological polar surface area (TPSA) is 311 Å². The number of carbonyl (C=O) groups excluding carboxylic acids is 12. The van der Waals surface area contributed by atoms with Crippen LogP contribution in [0.1, 0.15) is 133 Å². The van der Waals surface area contributed by atoms with Gasteiger partial charge < -0.3 is 65.6 Å². The Kier molecular flexibility index (Phi) is 29.8. The number of nitrogens with zero attached hydrogens (tertiary/aromatic N) is 8. The third-order valence-electron chi connectivity index (χ3n) is 17.7. The fourth-order valence-electron chi connectivity index (χ4n) is 11.4. The molecule has 1 aromatic carbocycles. The highest BCUT2D eigenvalue weighted by atomic mass is 16.3. The lowest BCUT2D eigenvalue weighted by atomic mass is 9.94. The molecule has 1 heterocycles. The summed E-state index contributed by atoms with van der Waals surface area (Å²) in [6.45, 7) is 17.9. The standard InChI is InChI=1S/C64H107N13O13/c1-36(2)30-46-61(87)73(16)43(11)54(80)66-40(8)60(86)77(20)53(45-28-24-25-29-45)64(90)76(19)50(63(89)70(12)13)34-51(78)71(14)41(9)55(81)69-47(31-37(3)4)62(88)75(18)48(32-38(5)6)58(84)67-39(7)59(85)74(17)49(33-44-26-22-21-23-27-44)57(83)65-35-52(79)72(15)42(10)56(82)68-46/h21-23,26-27,36-43,45-50,53-54,66,80H,24-25,28-35H2,1-20H3,(H,65,83)(H,67,84)(H,68,82)(H,69,81)/t39-,40-,41-,42-,43-,46-,47-,48-,49-,50-,53-,54?/m0/s1. The normalized spacial score (nSPS) is 28.2.